The fourth-order valence-electron chi connectivity index (χ4n) is 3.27. The van der Waals surface area contributed by atoms with E-state index in [0.29, 0.717) is 13.2 Å². The minimum atomic E-state index is 0.163. The molecule has 25 heavy (non-hydrogen) atoms. The van der Waals surface area contributed by atoms with E-state index in [0.717, 1.165) is 29.0 Å². The van der Waals surface area contributed by atoms with Crippen molar-refractivity contribution in [2.24, 2.45) is 11.8 Å². The molecule has 1 saturated carbocycles. The minimum Gasteiger partial charge on any atom is -0.481 e. The van der Waals surface area contributed by atoms with E-state index in [1.165, 1.54) is 32.1 Å². The molecule has 136 valence electrons. The summed E-state index contributed by atoms with van der Waals surface area (Å²) in [5.74, 6) is 7.86. The van der Waals surface area contributed by atoms with Crippen LogP contribution in [0.15, 0.2) is 28.7 Å². The molecule has 0 unspecified atom stereocenters. The van der Waals surface area contributed by atoms with Crippen molar-refractivity contribution >= 4 is 21.8 Å². The van der Waals surface area contributed by atoms with E-state index in [4.69, 9.17) is 4.74 Å². The first-order chi connectivity index (χ1) is 12.2. The third kappa shape index (κ3) is 7.52. The van der Waals surface area contributed by atoms with Gasteiger partial charge in [-0.05, 0) is 49.8 Å². The molecular weight excluding hydrogens is 378 g/mol. The summed E-state index contributed by atoms with van der Waals surface area (Å²) >= 11 is 3.40. The number of amides is 1. The highest BCUT2D eigenvalue weighted by atomic mass is 79.9. The van der Waals surface area contributed by atoms with Gasteiger partial charge in [-0.15, -0.1) is 0 Å². The molecule has 0 heterocycles. The lowest BCUT2D eigenvalue weighted by atomic mass is 9.79. The average molecular weight is 406 g/mol. The smallest absolute Gasteiger partial charge is 0.223 e. The molecule has 0 aromatic heterocycles. The summed E-state index contributed by atoms with van der Waals surface area (Å²) in [6.07, 6.45) is 8.37. The lowest BCUT2D eigenvalue weighted by molar-refractivity contribution is -0.125. The number of unbranched alkanes of at least 4 members (excludes halogenated alkanes) is 1. The molecule has 0 radical (unpaired) electrons. The number of carbonyl (C=O) groups excluding carboxylic acids is 1. The van der Waals surface area contributed by atoms with Gasteiger partial charge >= 0.3 is 0 Å². The van der Waals surface area contributed by atoms with Crippen molar-refractivity contribution in [1.29, 1.82) is 0 Å². The zero-order valence-electron chi connectivity index (χ0n) is 15.0. The third-order valence-electron chi connectivity index (χ3n) is 4.77. The van der Waals surface area contributed by atoms with Crippen LogP contribution in [0.4, 0.5) is 0 Å². The molecule has 3 nitrogen and oxygen atoms in total. The maximum atomic E-state index is 12.2. The number of hydrogen-bond donors (Lipinski definition) is 1. The highest BCUT2D eigenvalue weighted by Gasteiger charge is 2.25. The zero-order valence-corrected chi connectivity index (χ0v) is 16.6. The van der Waals surface area contributed by atoms with Crippen molar-refractivity contribution in [1.82, 2.24) is 5.32 Å². The van der Waals surface area contributed by atoms with Crippen LogP contribution in [0.1, 0.15) is 51.9 Å². The second kappa shape index (κ2) is 11.2. The molecule has 1 aromatic carbocycles. The topological polar surface area (TPSA) is 38.3 Å². The van der Waals surface area contributed by atoms with E-state index in [1.807, 2.05) is 24.3 Å². The van der Waals surface area contributed by atoms with Gasteiger partial charge in [0.05, 0.1) is 6.54 Å². The molecule has 1 aliphatic rings. The molecule has 1 fully saturated rings. The molecule has 1 aromatic rings. The van der Waals surface area contributed by atoms with Crippen molar-refractivity contribution in [2.45, 2.75) is 51.9 Å². The Hall–Kier alpha value is -1.47. The van der Waals surface area contributed by atoms with Gasteiger partial charge in [0.25, 0.3) is 0 Å². The summed E-state index contributed by atoms with van der Waals surface area (Å²) in [4.78, 5) is 12.2. The van der Waals surface area contributed by atoms with E-state index in [1.54, 1.807) is 0 Å². The molecule has 4 heteroatoms. The Morgan fingerprint density at radius 1 is 1.28 bits per heavy atom. The molecule has 2 rings (SSSR count). The summed E-state index contributed by atoms with van der Waals surface area (Å²) < 4.78 is 6.52. The van der Waals surface area contributed by atoms with E-state index in [-0.39, 0.29) is 11.8 Å². The van der Waals surface area contributed by atoms with Gasteiger partial charge in [-0.25, -0.2) is 0 Å². The van der Waals surface area contributed by atoms with Crippen molar-refractivity contribution < 1.29 is 9.53 Å². The average Bonchev–Trinajstić information content (AvgIpc) is 2.63. The molecule has 0 spiro atoms. The van der Waals surface area contributed by atoms with Crippen molar-refractivity contribution in [3.8, 4) is 17.6 Å². The molecule has 0 atom stereocenters. The summed E-state index contributed by atoms with van der Waals surface area (Å²) in [6.45, 7) is 2.97. The van der Waals surface area contributed by atoms with Gasteiger partial charge in [-0.1, -0.05) is 60.0 Å². The Kier molecular flexibility index (Phi) is 8.90. The molecule has 0 saturated heterocycles. The predicted molar refractivity (Wildman–Crippen MR) is 105 cm³/mol. The predicted octanol–water partition coefficient (Wildman–Crippen LogP) is 4.94. The van der Waals surface area contributed by atoms with Crippen LogP contribution in [0.3, 0.4) is 0 Å². The first-order valence-electron chi connectivity index (χ1n) is 9.30. The van der Waals surface area contributed by atoms with Gasteiger partial charge < -0.3 is 10.1 Å². The fraction of sp³-hybridized carbons (Fsp3) is 0.571. The van der Waals surface area contributed by atoms with E-state index in [9.17, 15) is 4.79 Å². The Morgan fingerprint density at radius 2 is 2.08 bits per heavy atom. The highest BCUT2D eigenvalue weighted by Crippen LogP contribution is 2.31. The standard InChI is InChI=1S/C21H28BrNO2/c1-2-3-7-17-10-12-18(13-11-17)21(24)23-14-4-5-15-25-20-9-6-8-19(22)16-20/h6,8-9,16-18H,2-3,7,10-15H2,1H3,(H,23,24). The van der Waals surface area contributed by atoms with Crippen LogP contribution in [0.5, 0.6) is 5.75 Å². The number of rotatable bonds is 7. The summed E-state index contributed by atoms with van der Waals surface area (Å²) in [5, 5.41) is 2.94. The second-order valence-corrected chi connectivity index (χ2v) is 7.59. The van der Waals surface area contributed by atoms with Gasteiger partial charge in [0, 0.05) is 10.4 Å². The maximum Gasteiger partial charge on any atom is 0.223 e. The van der Waals surface area contributed by atoms with E-state index in [2.05, 4.69) is 40.0 Å². The van der Waals surface area contributed by atoms with E-state index >= 15 is 0 Å². The number of benzene rings is 1. The monoisotopic (exact) mass is 405 g/mol. The van der Waals surface area contributed by atoms with E-state index < -0.39 is 0 Å². The van der Waals surface area contributed by atoms with Crippen molar-refractivity contribution in [3.63, 3.8) is 0 Å². The molecule has 0 bridgehead atoms. The molecular formula is C21H28BrNO2. The van der Waals surface area contributed by atoms with Gasteiger partial charge in [0.15, 0.2) is 0 Å². The third-order valence-corrected chi connectivity index (χ3v) is 5.26. The molecule has 1 N–H and O–H groups in total. The van der Waals surface area contributed by atoms with Crippen LogP contribution in [-0.4, -0.2) is 19.1 Å². The Labute approximate surface area is 160 Å². The summed E-state index contributed by atoms with van der Waals surface area (Å²) in [7, 11) is 0. The Morgan fingerprint density at radius 3 is 2.80 bits per heavy atom. The summed E-state index contributed by atoms with van der Waals surface area (Å²) in [5.41, 5.74) is 0. The van der Waals surface area contributed by atoms with Gasteiger partial charge in [-0.3, -0.25) is 4.79 Å². The lowest BCUT2D eigenvalue weighted by Gasteiger charge is -2.27. The highest BCUT2D eigenvalue weighted by molar-refractivity contribution is 9.10. The SMILES string of the molecule is CCCCC1CCC(C(=O)NCC#CCOc2cccc(Br)c2)CC1. The molecule has 0 aliphatic heterocycles. The molecule has 1 amide bonds. The van der Waals surface area contributed by atoms with Crippen LogP contribution < -0.4 is 10.1 Å². The molecule has 1 aliphatic carbocycles. The largest absolute Gasteiger partial charge is 0.481 e. The van der Waals surface area contributed by atoms with Crippen LogP contribution in [0, 0.1) is 23.7 Å². The summed E-state index contributed by atoms with van der Waals surface area (Å²) in [6, 6.07) is 7.67. The quantitative estimate of drug-likeness (QED) is 0.651. The first kappa shape index (κ1) is 19.8. The number of nitrogens with one attached hydrogen (secondary N) is 1. The number of hydrogen-bond acceptors (Lipinski definition) is 2. The second-order valence-electron chi connectivity index (χ2n) is 6.68. The lowest BCUT2D eigenvalue weighted by Crippen LogP contribution is -2.33. The van der Waals surface area contributed by atoms with Crippen LogP contribution >= 0.6 is 15.9 Å². The van der Waals surface area contributed by atoms with Crippen molar-refractivity contribution in [3.05, 3.63) is 28.7 Å². The minimum absolute atomic E-state index is 0.163. The maximum absolute atomic E-state index is 12.2. The number of ether oxygens (including phenoxy) is 1. The van der Waals surface area contributed by atoms with Gasteiger partial charge in [0.2, 0.25) is 5.91 Å². The number of halogens is 1. The Bertz CT molecular complexity index is 597. The fourth-order valence-corrected chi connectivity index (χ4v) is 3.65. The van der Waals surface area contributed by atoms with Crippen LogP contribution in [0.2, 0.25) is 0 Å². The first-order valence-corrected chi connectivity index (χ1v) is 10.1. The Balaban J connectivity index is 1.60. The van der Waals surface area contributed by atoms with Gasteiger partial charge in [0.1, 0.15) is 12.4 Å². The van der Waals surface area contributed by atoms with Crippen LogP contribution in [0.25, 0.3) is 0 Å². The zero-order chi connectivity index (χ0) is 17.9. The van der Waals surface area contributed by atoms with Crippen molar-refractivity contribution in [2.75, 3.05) is 13.2 Å². The van der Waals surface area contributed by atoms with Gasteiger partial charge in [-0.2, -0.15) is 0 Å². The number of carbonyl (C=O) groups is 1. The normalized spacial score (nSPS) is 19.6. The van der Waals surface area contributed by atoms with Crippen LogP contribution in [-0.2, 0) is 4.79 Å².